The monoisotopic (exact) mass is 414 g/mol. The second-order valence-corrected chi connectivity index (χ2v) is 8.93. The van der Waals surface area contributed by atoms with E-state index in [1.54, 1.807) is 43.3 Å². The molecule has 8 heteroatoms. The highest BCUT2D eigenvalue weighted by Crippen LogP contribution is 2.20. The third-order valence-corrected chi connectivity index (χ3v) is 6.52. The van der Waals surface area contributed by atoms with E-state index in [0.717, 1.165) is 38.5 Å². The molecule has 1 aliphatic carbocycles. The number of rotatable bonds is 6. The van der Waals surface area contributed by atoms with Gasteiger partial charge in [0.1, 0.15) is 0 Å². The molecule has 1 aromatic heterocycles. The molecule has 7 nitrogen and oxygen atoms in total. The molecule has 154 valence electrons. The highest BCUT2D eigenvalue weighted by Gasteiger charge is 2.21. The van der Waals surface area contributed by atoms with Gasteiger partial charge in [0.05, 0.1) is 10.6 Å². The van der Waals surface area contributed by atoms with Crippen molar-refractivity contribution in [2.75, 3.05) is 0 Å². The third-order valence-electron chi connectivity index (χ3n) is 5.01. The van der Waals surface area contributed by atoms with Gasteiger partial charge in [-0.2, -0.15) is 5.10 Å². The molecular formula is C21H26N4O3S. The number of amides is 1. The topological polar surface area (TPSA) is 101 Å². The summed E-state index contributed by atoms with van der Waals surface area (Å²) in [6.07, 6.45) is 9.23. The number of hydrogen-bond donors (Lipinski definition) is 2. The van der Waals surface area contributed by atoms with Crippen LogP contribution in [-0.2, 0) is 10.0 Å². The molecule has 0 aliphatic heterocycles. The first-order chi connectivity index (χ1) is 14.0. The molecule has 29 heavy (non-hydrogen) atoms. The number of nitrogens with zero attached hydrogens (tertiary/aromatic N) is 2. The van der Waals surface area contributed by atoms with Crippen LogP contribution in [0.3, 0.4) is 0 Å². The molecule has 3 rings (SSSR count). The van der Waals surface area contributed by atoms with Gasteiger partial charge in [0.25, 0.3) is 5.91 Å². The number of carbonyl (C=O) groups is 1. The van der Waals surface area contributed by atoms with E-state index in [9.17, 15) is 13.2 Å². The summed E-state index contributed by atoms with van der Waals surface area (Å²) >= 11 is 0. The molecule has 1 fully saturated rings. The lowest BCUT2D eigenvalue weighted by Crippen LogP contribution is -2.34. The Morgan fingerprint density at radius 1 is 1.03 bits per heavy atom. The van der Waals surface area contributed by atoms with Gasteiger partial charge < -0.3 is 0 Å². The first-order valence-corrected chi connectivity index (χ1v) is 11.3. The average Bonchev–Trinajstić information content (AvgIpc) is 3.00. The summed E-state index contributed by atoms with van der Waals surface area (Å²) in [6.45, 7) is 1.72. The van der Waals surface area contributed by atoms with E-state index < -0.39 is 10.0 Å². The number of pyridine rings is 1. The molecule has 1 amide bonds. The zero-order valence-electron chi connectivity index (χ0n) is 16.5. The van der Waals surface area contributed by atoms with Crippen LogP contribution in [0.5, 0.6) is 0 Å². The fraction of sp³-hybridized carbons (Fsp3) is 0.381. The van der Waals surface area contributed by atoms with Crippen LogP contribution in [0.2, 0.25) is 0 Å². The number of carbonyl (C=O) groups excluding carboxylic acids is 1. The number of nitrogens with one attached hydrogen (secondary N) is 2. The molecule has 0 bridgehead atoms. The van der Waals surface area contributed by atoms with E-state index in [1.165, 1.54) is 12.4 Å². The van der Waals surface area contributed by atoms with Crippen molar-refractivity contribution in [1.82, 2.24) is 15.1 Å². The van der Waals surface area contributed by atoms with Crippen LogP contribution in [0, 0.1) is 0 Å². The van der Waals surface area contributed by atoms with Crippen LogP contribution in [0.1, 0.15) is 61.4 Å². The largest absolute Gasteiger partial charge is 0.271 e. The lowest BCUT2D eigenvalue weighted by atomic mass is 10.1. The second-order valence-electron chi connectivity index (χ2n) is 7.21. The molecule has 0 radical (unpaired) electrons. The van der Waals surface area contributed by atoms with Crippen molar-refractivity contribution in [3.63, 3.8) is 0 Å². The molecule has 0 saturated heterocycles. The molecule has 0 unspecified atom stereocenters. The molecular weight excluding hydrogens is 388 g/mol. The van der Waals surface area contributed by atoms with E-state index in [-0.39, 0.29) is 16.8 Å². The smallest absolute Gasteiger partial charge is 0.267 e. The lowest BCUT2D eigenvalue weighted by molar-refractivity contribution is 0.0954. The third kappa shape index (κ3) is 5.95. The van der Waals surface area contributed by atoms with Gasteiger partial charge in [-0.1, -0.05) is 37.8 Å². The summed E-state index contributed by atoms with van der Waals surface area (Å²) in [5.41, 5.74) is 4.07. The van der Waals surface area contributed by atoms with Crippen LogP contribution in [-0.4, -0.2) is 31.1 Å². The van der Waals surface area contributed by atoms with E-state index >= 15 is 0 Å². The minimum Gasteiger partial charge on any atom is -0.267 e. The van der Waals surface area contributed by atoms with E-state index in [0.29, 0.717) is 16.8 Å². The average molecular weight is 415 g/mol. The van der Waals surface area contributed by atoms with Crippen LogP contribution >= 0.6 is 0 Å². The standard InChI is InChI=1S/C21H26N4O3S/c1-16(23-24-21(26)17-11-13-22-14-12-17)18-7-6-10-20(15-18)29(27,28)25-19-8-4-2-3-5-9-19/h6-7,10-15,19,25H,2-5,8-9H2,1H3,(H,24,26)/b23-16-. The summed E-state index contributed by atoms with van der Waals surface area (Å²) in [6, 6.07) is 9.77. The maximum absolute atomic E-state index is 12.8. The zero-order valence-corrected chi connectivity index (χ0v) is 17.3. The second kappa shape index (κ2) is 9.76. The molecule has 1 aliphatic rings. The first-order valence-electron chi connectivity index (χ1n) is 9.83. The van der Waals surface area contributed by atoms with Gasteiger partial charge in [-0.3, -0.25) is 9.78 Å². The zero-order chi connectivity index (χ0) is 20.7. The Bertz CT molecular complexity index is 966. The van der Waals surface area contributed by atoms with Crippen molar-refractivity contribution in [2.45, 2.75) is 56.4 Å². The van der Waals surface area contributed by atoms with Gasteiger partial charge in [-0.15, -0.1) is 0 Å². The van der Waals surface area contributed by atoms with Gasteiger partial charge >= 0.3 is 0 Å². The molecule has 1 aromatic carbocycles. The van der Waals surface area contributed by atoms with Crippen molar-refractivity contribution >= 4 is 21.6 Å². The Morgan fingerprint density at radius 2 is 1.72 bits per heavy atom. The number of hydrogen-bond acceptors (Lipinski definition) is 5. The normalized spacial score (nSPS) is 16.2. The Balaban J connectivity index is 1.71. The number of sulfonamides is 1. The Labute approximate surface area is 171 Å². The quantitative estimate of drug-likeness (QED) is 0.430. The maximum Gasteiger partial charge on any atom is 0.271 e. The Morgan fingerprint density at radius 3 is 2.41 bits per heavy atom. The SMILES string of the molecule is C/C(=N/NC(=O)c1ccncc1)c1cccc(S(=O)(=O)NC2CCCCCC2)c1. The molecule has 2 aromatic rings. The molecule has 0 atom stereocenters. The van der Waals surface area contributed by atoms with Crippen molar-refractivity contribution in [1.29, 1.82) is 0 Å². The van der Waals surface area contributed by atoms with Crippen molar-refractivity contribution in [3.8, 4) is 0 Å². The molecule has 1 heterocycles. The molecule has 2 N–H and O–H groups in total. The van der Waals surface area contributed by atoms with Crippen molar-refractivity contribution in [2.24, 2.45) is 5.10 Å². The maximum atomic E-state index is 12.8. The van der Waals surface area contributed by atoms with E-state index in [1.807, 2.05) is 0 Å². The summed E-state index contributed by atoms with van der Waals surface area (Å²) in [5.74, 6) is -0.356. The van der Waals surface area contributed by atoms with Crippen LogP contribution < -0.4 is 10.1 Å². The van der Waals surface area contributed by atoms with Gasteiger partial charge in [0.15, 0.2) is 0 Å². The first kappa shape index (κ1) is 21.1. The van der Waals surface area contributed by atoms with Gasteiger partial charge in [-0.05, 0) is 49.6 Å². The molecule has 1 saturated carbocycles. The Hall–Kier alpha value is -2.58. The van der Waals surface area contributed by atoms with E-state index in [4.69, 9.17) is 0 Å². The minimum absolute atomic E-state index is 0.0134. The Kier molecular flexibility index (Phi) is 7.11. The van der Waals surface area contributed by atoms with E-state index in [2.05, 4.69) is 20.2 Å². The summed E-state index contributed by atoms with van der Waals surface area (Å²) < 4.78 is 28.5. The van der Waals surface area contributed by atoms with Gasteiger partial charge in [0, 0.05) is 24.0 Å². The summed E-state index contributed by atoms with van der Waals surface area (Å²) in [7, 11) is -3.61. The highest BCUT2D eigenvalue weighted by molar-refractivity contribution is 7.89. The lowest BCUT2D eigenvalue weighted by Gasteiger charge is -2.16. The van der Waals surface area contributed by atoms with Gasteiger partial charge in [0.2, 0.25) is 10.0 Å². The summed E-state index contributed by atoms with van der Waals surface area (Å²) in [5, 5.41) is 4.10. The number of benzene rings is 1. The fourth-order valence-electron chi connectivity index (χ4n) is 3.34. The van der Waals surface area contributed by atoms with Crippen molar-refractivity contribution in [3.05, 3.63) is 59.9 Å². The molecule has 0 spiro atoms. The number of hydrazone groups is 1. The fourth-order valence-corrected chi connectivity index (χ4v) is 4.69. The predicted octanol–water partition coefficient (Wildman–Crippen LogP) is 3.24. The van der Waals surface area contributed by atoms with Crippen molar-refractivity contribution < 1.29 is 13.2 Å². The van der Waals surface area contributed by atoms with Gasteiger partial charge in [-0.25, -0.2) is 18.6 Å². The minimum atomic E-state index is -3.61. The van der Waals surface area contributed by atoms with Crippen LogP contribution in [0.15, 0.2) is 58.8 Å². The highest BCUT2D eigenvalue weighted by atomic mass is 32.2. The number of aromatic nitrogens is 1. The van der Waals surface area contributed by atoms with Crippen LogP contribution in [0.4, 0.5) is 0 Å². The predicted molar refractivity (Wildman–Crippen MR) is 112 cm³/mol. The summed E-state index contributed by atoms with van der Waals surface area (Å²) in [4.78, 5) is 16.2. The van der Waals surface area contributed by atoms with Crippen LogP contribution in [0.25, 0.3) is 0 Å².